The Bertz CT molecular complexity index is 390. The van der Waals surface area contributed by atoms with Crippen LogP contribution in [-0.2, 0) is 0 Å². The third-order valence-corrected chi connectivity index (χ3v) is 5.35. The first kappa shape index (κ1) is 12.5. The highest BCUT2D eigenvalue weighted by Crippen LogP contribution is 2.39. The highest BCUT2D eigenvalue weighted by molar-refractivity contribution is 7.99. The van der Waals surface area contributed by atoms with E-state index in [9.17, 15) is 5.11 Å². The molecule has 1 aliphatic heterocycles. The summed E-state index contributed by atoms with van der Waals surface area (Å²) in [5.41, 5.74) is 0. The van der Waals surface area contributed by atoms with Crippen LogP contribution < -0.4 is 0 Å². The Morgan fingerprint density at radius 3 is 2.83 bits per heavy atom. The third-order valence-electron chi connectivity index (χ3n) is 3.97. The first-order valence-corrected chi connectivity index (χ1v) is 8.02. The molecule has 0 aromatic carbocycles. The van der Waals surface area contributed by atoms with Crippen LogP contribution in [0.4, 0.5) is 0 Å². The number of aromatic nitrogens is 2. The molecule has 1 aromatic rings. The summed E-state index contributed by atoms with van der Waals surface area (Å²) in [6.45, 7) is 0. The van der Waals surface area contributed by atoms with Gasteiger partial charge in [0.25, 0.3) is 0 Å². The third kappa shape index (κ3) is 2.57. The molecule has 1 saturated heterocycles. The van der Waals surface area contributed by atoms with Crippen LogP contribution in [0.3, 0.4) is 0 Å². The van der Waals surface area contributed by atoms with Crippen LogP contribution in [0.2, 0.25) is 0 Å². The van der Waals surface area contributed by atoms with E-state index in [0.717, 1.165) is 37.9 Å². The summed E-state index contributed by atoms with van der Waals surface area (Å²) in [5, 5.41) is 14.7. The van der Waals surface area contributed by atoms with Crippen LogP contribution in [0.5, 0.6) is 0 Å². The molecule has 0 bridgehead atoms. The van der Waals surface area contributed by atoms with Gasteiger partial charge in [0.1, 0.15) is 0 Å². The van der Waals surface area contributed by atoms with Gasteiger partial charge >= 0.3 is 0 Å². The normalized spacial score (nSPS) is 33.5. The van der Waals surface area contributed by atoms with Crippen LogP contribution in [0.25, 0.3) is 0 Å². The van der Waals surface area contributed by atoms with Gasteiger partial charge in [-0.3, -0.25) is 0 Å². The van der Waals surface area contributed by atoms with Crippen LogP contribution in [-0.4, -0.2) is 27.1 Å². The first-order valence-electron chi connectivity index (χ1n) is 6.98. The van der Waals surface area contributed by atoms with Gasteiger partial charge in [0.05, 0.1) is 17.3 Å². The minimum Gasteiger partial charge on any atom is -0.392 e. The lowest BCUT2D eigenvalue weighted by molar-refractivity contribution is 0.119. The average molecular weight is 268 g/mol. The van der Waals surface area contributed by atoms with Crippen molar-refractivity contribution < 1.29 is 9.63 Å². The quantitative estimate of drug-likeness (QED) is 0.835. The van der Waals surface area contributed by atoms with Gasteiger partial charge in [0.15, 0.2) is 5.82 Å². The van der Waals surface area contributed by atoms with Crippen molar-refractivity contribution in [2.24, 2.45) is 0 Å². The second kappa shape index (κ2) is 5.61. The summed E-state index contributed by atoms with van der Waals surface area (Å²) in [5.74, 6) is 2.75. The van der Waals surface area contributed by atoms with Gasteiger partial charge in [-0.15, -0.1) is 0 Å². The largest absolute Gasteiger partial charge is 0.392 e. The van der Waals surface area contributed by atoms with E-state index in [0.29, 0.717) is 11.1 Å². The predicted octanol–water partition coefficient (Wildman–Crippen LogP) is 3.05. The molecule has 0 spiro atoms. The monoisotopic (exact) mass is 268 g/mol. The minimum absolute atomic E-state index is 0.0557. The average Bonchev–Trinajstić information content (AvgIpc) is 3.00. The van der Waals surface area contributed by atoms with Gasteiger partial charge in [-0.05, 0) is 31.4 Å². The Morgan fingerprint density at radius 1 is 1.11 bits per heavy atom. The Kier molecular flexibility index (Phi) is 3.89. The molecule has 3 unspecified atom stereocenters. The lowest BCUT2D eigenvalue weighted by Crippen LogP contribution is -2.17. The summed E-state index contributed by atoms with van der Waals surface area (Å²) < 4.78 is 5.41. The summed E-state index contributed by atoms with van der Waals surface area (Å²) in [6, 6.07) is 0. The first-order chi connectivity index (χ1) is 8.84. The molecule has 2 heterocycles. The van der Waals surface area contributed by atoms with Crippen LogP contribution in [0, 0.1) is 0 Å². The number of rotatable bonds is 2. The molecule has 4 nitrogen and oxygen atoms in total. The van der Waals surface area contributed by atoms with Gasteiger partial charge in [0, 0.05) is 0 Å². The van der Waals surface area contributed by atoms with Gasteiger partial charge in [-0.25, -0.2) is 0 Å². The Labute approximate surface area is 112 Å². The van der Waals surface area contributed by atoms with E-state index in [4.69, 9.17) is 4.52 Å². The van der Waals surface area contributed by atoms with E-state index < -0.39 is 0 Å². The SMILES string of the molecule is OC1CCCCCC1c1nc(C2CCCS2)no1. The molecule has 0 amide bonds. The zero-order valence-corrected chi connectivity index (χ0v) is 11.4. The highest BCUT2D eigenvalue weighted by atomic mass is 32.2. The molecule has 1 saturated carbocycles. The number of hydrogen-bond donors (Lipinski definition) is 1. The second-order valence-corrected chi connectivity index (χ2v) is 6.61. The second-order valence-electron chi connectivity index (χ2n) is 5.30. The molecule has 3 atom stereocenters. The van der Waals surface area contributed by atoms with Crippen molar-refractivity contribution in [1.82, 2.24) is 10.1 Å². The maximum absolute atomic E-state index is 10.1. The Hall–Kier alpha value is -0.550. The van der Waals surface area contributed by atoms with Crippen molar-refractivity contribution in [2.45, 2.75) is 62.2 Å². The molecule has 18 heavy (non-hydrogen) atoms. The number of hydrogen-bond acceptors (Lipinski definition) is 5. The zero-order chi connectivity index (χ0) is 12.4. The van der Waals surface area contributed by atoms with Crippen molar-refractivity contribution >= 4 is 11.8 Å². The molecular weight excluding hydrogens is 248 g/mol. The fourth-order valence-corrected chi connectivity index (χ4v) is 4.08. The van der Waals surface area contributed by atoms with Gasteiger partial charge < -0.3 is 9.63 Å². The van der Waals surface area contributed by atoms with Crippen LogP contribution in [0.15, 0.2) is 4.52 Å². The Balaban J connectivity index is 1.74. The zero-order valence-electron chi connectivity index (χ0n) is 10.5. The molecule has 3 rings (SSSR count). The summed E-state index contributed by atoms with van der Waals surface area (Å²) in [4.78, 5) is 4.55. The molecule has 100 valence electrons. The molecule has 0 radical (unpaired) electrons. The highest BCUT2D eigenvalue weighted by Gasteiger charge is 2.30. The van der Waals surface area contributed by atoms with Crippen molar-refractivity contribution in [3.63, 3.8) is 0 Å². The van der Waals surface area contributed by atoms with E-state index >= 15 is 0 Å². The number of aliphatic hydroxyl groups is 1. The van der Waals surface area contributed by atoms with E-state index in [2.05, 4.69) is 10.1 Å². The van der Waals surface area contributed by atoms with Crippen molar-refractivity contribution in [3.8, 4) is 0 Å². The van der Waals surface area contributed by atoms with Crippen molar-refractivity contribution in [2.75, 3.05) is 5.75 Å². The van der Waals surface area contributed by atoms with E-state index in [-0.39, 0.29) is 12.0 Å². The number of nitrogens with zero attached hydrogens (tertiary/aromatic N) is 2. The lowest BCUT2D eigenvalue weighted by atomic mass is 9.97. The summed E-state index contributed by atoms with van der Waals surface area (Å²) in [7, 11) is 0. The molecular formula is C13H20N2O2S. The standard InChI is InChI=1S/C13H20N2O2S/c16-10-6-3-1-2-5-9(10)13-14-12(15-17-13)11-7-4-8-18-11/h9-11,16H,1-8H2. The fourth-order valence-electron chi connectivity index (χ4n) is 2.89. The van der Waals surface area contributed by atoms with Crippen LogP contribution in [0.1, 0.15) is 67.8 Å². The molecule has 1 N–H and O–H groups in total. The van der Waals surface area contributed by atoms with E-state index in [1.807, 2.05) is 11.8 Å². The van der Waals surface area contributed by atoms with Gasteiger partial charge in [-0.2, -0.15) is 16.7 Å². The Morgan fingerprint density at radius 2 is 2.00 bits per heavy atom. The van der Waals surface area contributed by atoms with Crippen LogP contribution >= 0.6 is 11.8 Å². The number of thioether (sulfide) groups is 1. The number of aliphatic hydroxyl groups excluding tert-OH is 1. The maximum Gasteiger partial charge on any atom is 0.232 e. The summed E-state index contributed by atoms with van der Waals surface area (Å²) in [6.07, 6.45) is 7.38. The van der Waals surface area contributed by atoms with E-state index in [1.54, 1.807) is 0 Å². The topological polar surface area (TPSA) is 59.2 Å². The lowest BCUT2D eigenvalue weighted by Gasteiger charge is -2.15. The summed E-state index contributed by atoms with van der Waals surface area (Å²) >= 11 is 1.91. The van der Waals surface area contributed by atoms with Crippen molar-refractivity contribution in [1.29, 1.82) is 0 Å². The molecule has 2 fully saturated rings. The van der Waals surface area contributed by atoms with Crippen molar-refractivity contribution in [3.05, 3.63) is 11.7 Å². The fraction of sp³-hybridized carbons (Fsp3) is 0.846. The predicted molar refractivity (Wildman–Crippen MR) is 70.6 cm³/mol. The molecule has 5 heteroatoms. The smallest absolute Gasteiger partial charge is 0.232 e. The minimum atomic E-state index is -0.308. The molecule has 2 aliphatic rings. The maximum atomic E-state index is 10.1. The van der Waals surface area contributed by atoms with Gasteiger partial charge in [-0.1, -0.05) is 24.4 Å². The van der Waals surface area contributed by atoms with Gasteiger partial charge in [0.2, 0.25) is 5.89 Å². The molecule has 1 aromatic heterocycles. The molecule has 1 aliphatic carbocycles. The van der Waals surface area contributed by atoms with E-state index in [1.165, 1.54) is 18.6 Å².